The Bertz CT molecular complexity index is 1170. The average Bonchev–Trinajstić information content (AvgIpc) is 3.38. The summed E-state index contributed by atoms with van der Waals surface area (Å²) in [5, 5.41) is 3.81. The number of likely N-dealkylation sites (tertiary alicyclic amines) is 1. The zero-order valence-corrected chi connectivity index (χ0v) is 17.2. The molecule has 0 aliphatic carbocycles. The van der Waals surface area contributed by atoms with Gasteiger partial charge in [-0.15, -0.1) is 0 Å². The van der Waals surface area contributed by atoms with Gasteiger partial charge in [0.25, 0.3) is 11.1 Å². The van der Waals surface area contributed by atoms with Crippen LogP contribution in [0, 0.1) is 0 Å². The van der Waals surface area contributed by atoms with Crippen LogP contribution in [0.2, 0.25) is 0 Å². The maximum atomic E-state index is 13.0. The molecule has 0 atom stereocenters. The van der Waals surface area contributed by atoms with Gasteiger partial charge in [-0.3, -0.25) is 19.3 Å². The SMILES string of the molecule is O=C(CN1C(=O)S/C(=C\c2c3ccccc3cc3ccccc23)C1=O)N1CCCC1. The summed E-state index contributed by atoms with van der Waals surface area (Å²) in [6.07, 6.45) is 3.75. The third-order valence-corrected chi connectivity index (χ3v) is 6.62. The minimum atomic E-state index is -0.394. The van der Waals surface area contributed by atoms with Gasteiger partial charge in [0.1, 0.15) is 6.54 Å². The third-order valence-electron chi connectivity index (χ3n) is 5.71. The van der Waals surface area contributed by atoms with Crippen molar-refractivity contribution >= 4 is 56.4 Å². The van der Waals surface area contributed by atoms with Crippen molar-refractivity contribution in [3.8, 4) is 0 Å². The molecule has 0 radical (unpaired) electrons. The lowest BCUT2D eigenvalue weighted by Gasteiger charge is -2.18. The number of carbonyl (C=O) groups excluding carboxylic acids is 3. The molecule has 0 N–H and O–H groups in total. The van der Waals surface area contributed by atoms with Gasteiger partial charge in [0.2, 0.25) is 5.91 Å². The monoisotopic (exact) mass is 416 g/mol. The lowest BCUT2D eigenvalue weighted by Crippen LogP contribution is -2.40. The Hall–Kier alpha value is -3.12. The second-order valence-corrected chi connectivity index (χ2v) is 8.58. The molecule has 2 saturated heterocycles. The minimum Gasteiger partial charge on any atom is -0.341 e. The highest BCUT2D eigenvalue weighted by Gasteiger charge is 2.37. The zero-order chi connectivity index (χ0) is 20.7. The molecule has 5 nitrogen and oxygen atoms in total. The van der Waals surface area contributed by atoms with Gasteiger partial charge in [-0.1, -0.05) is 48.5 Å². The van der Waals surface area contributed by atoms with Gasteiger partial charge in [-0.05, 0) is 63.9 Å². The van der Waals surface area contributed by atoms with Gasteiger partial charge in [0, 0.05) is 13.1 Å². The summed E-state index contributed by atoms with van der Waals surface area (Å²) in [6, 6.07) is 18.2. The fourth-order valence-electron chi connectivity index (χ4n) is 4.17. The Kier molecular flexibility index (Phi) is 4.79. The number of nitrogens with zero attached hydrogens (tertiary/aromatic N) is 2. The zero-order valence-electron chi connectivity index (χ0n) is 16.3. The highest BCUT2D eigenvalue weighted by atomic mass is 32.2. The van der Waals surface area contributed by atoms with Gasteiger partial charge >= 0.3 is 0 Å². The Morgan fingerprint density at radius 3 is 2.17 bits per heavy atom. The molecule has 0 unspecified atom stereocenters. The van der Waals surface area contributed by atoms with E-state index in [0.717, 1.165) is 56.6 Å². The van der Waals surface area contributed by atoms with Gasteiger partial charge in [-0.2, -0.15) is 0 Å². The maximum Gasteiger partial charge on any atom is 0.294 e. The van der Waals surface area contributed by atoms with Crippen LogP contribution in [-0.2, 0) is 9.59 Å². The molecule has 0 spiro atoms. The van der Waals surface area contributed by atoms with Crippen LogP contribution in [-0.4, -0.2) is 46.5 Å². The second-order valence-electron chi connectivity index (χ2n) is 7.59. The molecule has 5 rings (SSSR count). The van der Waals surface area contributed by atoms with E-state index >= 15 is 0 Å². The Morgan fingerprint density at radius 2 is 1.53 bits per heavy atom. The third kappa shape index (κ3) is 3.27. The van der Waals surface area contributed by atoms with Gasteiger partial charge in [0.05, 0.1) is 4.91 Å². The van der Waals surface area contributed by atoms with Gasteiger partial charge in [0.15, 0.2) is 0 Å². The first-order valence-electron chi connectivity index (χ1n) is 10.1. The smallest absolute Gasteiger partial charge is 0.294 e. The number of carbonyl (C=O) groups is 3. The van der Waals surface area contributed by atoms with Crippen molar-refractivity contribution in [3.63, 3.8) is 0 Å². The van der Waals surface area contributed by atoms with Crippen LogP contribution in [0.3, 0.4) is 0 Å². The largest absolute Gasteiger partial charge is 0.341 e. The van der Waals surface area contributed by atoms with E-state index in [1.54, 1.807) is 11.0 Å². The first-order valence-corrected chi connectivity index (χ1v) is 10.9. The molecular formula is C24H20N2O3S. The van der Waals surface area contributed by atoms with Crippen molar-refractivity contribution in [1.29, 1.82) is 0 Å². The molecule has 3 aromatic rings. The molecule has 3 amide bonds. The molecule has 30 heavy (non-hydrogen) atoms. The highest BCUT2D eigenvalue weighted by molar-refractivity contribution is 8.18. The summed E-state index contributed by atoms with van der Waals surface area (Å²) in [4.78, 5) is 41.1. The van der Waals surface area contributed by atoms with Gasteiger partial charge < -0.3 is 4.90 Å². The lowest BCUT2D eigenvalue weighted by atomic mass is 9.96. The molecule has 6 heteroatoms. The summed E-state index contributed by atoms with van der Waals surface area (Å²) in [5.41, 5.74) is 0.917. The highest BCUT2D eigenvalue weighted by Crippen LogP contribution is 2.36. The Labute approximate surface area is 178 Å². The van der Waals surface area contributed by atoms with Crippen LogP contribution in [0.25, 0.3) is 27.6 Å². The van der Waals surface area contributed by atoms with E-state index < -0.39 is 5.91 Å². The molecule has 0 aromatic heterocycles. The van der Waals surface area contributed by atoms with Crippen LogP contribution < -0.4 is 0 Å². The van der Waals surface area contributed by atoms with Crippen LogP contribution >= 0.6 is 11.8 Å². The van der Waals surface area contributed by atoms with Crippen molar-refractivity contribution in [2.45, 2.75) is 12.8 Å². The van der Waals surface area contributed by atoms with Crippen molar-refractivity contribution in [1.82, 2.24) is 9.80 Å². The molecule has 2 fully saturated rings. The number of fused-ring (bicyclic) bond motifs is 2. The van der Waals surface area contributed by atoms with E-state index in [1.807, 2.05) is 48.5 Å². The van der Waals surface area contributed by atoms with E-state index in [0.29, 0.717) is 18.0 Å². The number of hydrogen-bond donors (Lipinski definition) is 0. The standard InChI is InChI=1S/C24H20N2O3S/c27-22(25-11-5-6-12-25)15-26-23(28)21(30-24(26)29)14-20-18-9-3-1-7-16(18)13-17-8-2-4-10-19(17)20/h1-4,7-10,13-14H,5-6,11-12,15H2/b21-14-. The van der Waals surface area contributed by atoms with Crippen molar-refractivity contribution in [2.24, 2.45) is 0 Å². The number of thioether (sulfide) groups is 1. The van der Waals surface area contributed by atoms with Crippen molar-refractivity contribution < 1.29 is 14.4 Å². The van der Waals surface area contributed by atoms with E-state index in [1.165, 1.54) is 0 Å². The fraction of sp³-hybridized carbons (Fsp3) is 0.208. The van der Waals surface area contributed by atoms with Crippen LogP contribution in [0.1, 0.15) is 18.4 Å². The number of imide groups is 1. The maximum absolute atomic E-state index is 13.0. The predicted molar refractivity (Wildman–Crippen MR) is 120 cm³/mol. The molecule has 150 valence electrons. The number of rotatable bonds is 3. The number of benzene rings is 3. The van der Waals surface area contributed by atoms with E-state index in [9.17, 15) is 14.4 Å². The van der Waals surface area contributed by atoms with Crippen LogP contribution in [0.15, 0.2) is 59.5 Å². The number of amides is 3. The molecule has 2 aliphatic rings. The molecule has 2 aliphatic heterocycles. The van der Waals surface area contributed by atoms with E-state index in [2.05, 4.69) is 6.07 Å². The molecule has 0 bridgehead atoms. The molecule has 2 heterocycles. The first-order chi connectivity index (χ1) is 14.6. The van der Waals surface area contributed by atoms with Crippen LogP contribution in [0.4, 0.5) is 4.79 Å². The van der Waals surface area contributed by atoms with Crippen molar-refractivity contribution in [3.05, 3.63) is 65.1 Å². The van der Waals surface area contributed by atoms with E-state index in [-0.39, 0.29) is 17.7 Å². The van der Waals surface area contributed by atoms with Crippen LogP contribution in [0.5, 0.6) is 0 Å². The summed E-state index contributed by atoms with van der Waals surface area (Å²) < 4.78 is 0. The van der Waals surface area contributed by atoms with E-state index in [4.69, 9.17) is 0 Å². The first kappa shape index (κ1) is 18.9. The summed E-state index contributed by atoms with van der Waals surface area (Å²) >= 11 is 0.906. The fourth-order valence-corrected chi connectivity index (χ4v) is 4.99. The lowest BCUT2D eigenvalue weighted by molar-refractivity contribution is -0.135. The molecule has 3 aromatic carbocycles. The topological polar surface area (TPSA) is 57.7 Å². The minimum absolute atomic E-state index is 0.160. The summed E-state index contributed by atoms with van der Waals surface area (Å²) in [7, 11) is 0. The number of hydrogen-bond acceptors (Lipinski definition) is 4. The summed E-state index contributed by atoms with van der Waals surface area (Å²) in [5.74, 6) is -0.554. The average molecular weight is 417 g/mol. The quantitative estimate of drug-likeness (QED) is 0.461. The predicted octanol–water partition coefficient (Wildman–Crippen LogP) is 4.65. The van der Waals surface area contributed by atoms with Crippen molar-refractivity contribution in [2.75, 3.05) is 19.6 Å². The Morgan fingerprint density at radius 1 is 0.933 bits per heavy atom. The summed E-state index contributed by atoms with van der Waals surface area (Å²) in [6.45, 7) is 1.22. The Balaban J connectivity index is 1.53. The second kappa shape index (κ2) is 7.61. The van der Waals surface area contributed by atoms with Gasteiger partial charge in [-0.25, -0.2) is 0 Å². The normalized spacial score (nSPS) is 18.3. The molecular weight excluding hydrogens is 396 g/mol. The molecule has 0 saturated carbocycles.